The highest BCUT2D eigenvalue weighted by Gasteiger charge is 2.33. The number of carbonyl (C=O) groups excluding carboxylic acids is 1. The summed E-state index contributed by atoms with van der Waals surface area (Å²) in [7, 11) is 0. The van der Waals surface area contributed by atoms with Crippen LogP contribution in [0, 0.1) is 12.7 Å². The quantitative estimate of drug-likeness (QED) is 0.540. The monoisotopic (exact) mass is 363 g/mol. The molecular weight excluding hydrogens is 353 g/mol. The van der Waals surface area contributed by atoms with E-state index < -0.39 is 0 Å². The molecule has 2 aromatic rings. The first-order chi connectivity index (χ1) is 11.0. The maximum atomic E-state index is 13.0. The lowest BCUT2D eigenvalue weighted by molar-refractivity contribution is -0.113. The third-order valence-electron chi connectivity index (χ3n) is 3.38. The molecule has 3 rings (SSSR count). The molecule has 0 saturated carbocycles. The predicted octanol–water partition coefficient (Wildman–Crippen LogP) is 5.19. The molecule has 6 heteroatoms. The number of carbonyl (C=O) groups is 1. The van der Waals surface area contributed by atoms with Gasteiger partial charge in [0.2, 0.25) is 0 Å². The standard InChI is InChI=1S/C17H11ClFNOS2/c1-10-2-7-13(9-14(10)18)20-16(21)15(23-17(20)22)8-11-3-5-12(19)6-4-11/h2-9H,1H3. The van der Waals surface area contributed by atoms with Crippen LogP contribution >= 0.6 is 35.6 Å². The number of benzene rings is 2. The van der Waals surface area contributed by atoms with E-state index in [1.165, 1.54) is 28.8 Å². The van der Waals surface area contributed by atoms with Gasteiger partial charge in [0.15, 0.2) is 4.32 Å². The van der Waals surface area contributed by atoms with E-state index >= 15 is 0 Å². The lowest BCUT2D eigenvalue weighted by atomic mass is 10.2. The molecule has 2 aromatic carbocycles. The van der Waals surface area contributed by atoms with Crippen LogP contribution in [0.25, 0.3) is 6.08 Å². The highest BCUT2D eigenvalue weighted by atomic mass is 35.5. The minimum absolute atomic E-state index is 0.204. The summed E-state index contributed by atoms with van der Waals surface area (Å²) >= 11 is 12.7. The van der Waals surface area contributed by atoms with Gasteiger partial charge >= 0.3 is 0 Å². The molecule has 0 spiro atoms. The van der Waals surface area contributed by atoms with Crippen molar-refractivity contribution in [2.75, 3.05) is 4.90 Å². The van der Waals surface area contributed by atoms with Crippen LogP contribution in [0.4, 0.5) is 10.1 Å². The molecule has 1 aliphatic rings. The Kier molecular flexibility index (Phi) is 4.53. The van der Waals surface area contributed by atoms with Crippen LogP contribution in [0.1, 0.15) is 11.1 Å². The number of hydrogen-bond donors (Lipinski definition) is 0. The molecule has 1 fully saturated rings. The maximum Gasteiger partial charge on any atom is 0.270 e. The summed E-state index contributed by atoms with van der Waals surface area (Å²) in [6.45, 7) is 1.89. The molecule has 0 atom stereocenters. The fraction of sp³-hybridized carbons (Fsp3) is 0.0588. The number of rotatable bonds is 2. The van der Waals surface area contributed by atoms with Gasteiger partial charge in [-0.25, -0.2) is 4.39 Å². The van der Waals surface area contributed by atoms with E-state index in [1.54, 1.807) is 24.3 Å². The van der Waals surface area contributed by atoms with Crippen LogP contribution in [-0.2, 0) is 4.79 Å². The first kappa shape index (κ1) is 16.2. The summed E-state index contributed by atoms with van der Waals surface area (Å²) < 4.78 is 13.4. The topological polar surface area (TPSA) is 20.3 Å². The normalized spacial score (nSPS) is 16.5. The van der Waals surface area contributed by atoms with Crippen molar-refractivity contribution in [1.82, 2.24) is 0 Å². The number of thioether (sulfide) groups is 1. The highest BCUT2D eigenvalue weighted by Crippen LogP contribution is 2.37. The second kappa shape index (κ2) is 6.43. The number of halogens is 2. The largest absolute Gasteiger partial charge is 0.270 e. The molecule has 0 aromatic heterocycles. The molecule has 0 aliphatic carbocycles. The van der Waals surface area contributed by atoms with E-state index in [4.69, 9.17) is 23.8 Å². The van der Waals surface area contributed by atoms with E-state index in [1.807, 2.05) is 19.1 Å². The van der Waals surface area contributed by atoms with Crippen LogP contribution in [-0.4, -0.2) is 10.2 Å². The summed E-state index contributed by atoms with van der Waals surface area (Å²) in [5, 5.41) is 0.582. The molecule has 1 heterocycles. The smallest absolute Gasteiger partial charge is 0.268 e. The van der Waals surface area contributed by atoms with E-state index in [0.29, 0.717) is 19.9 Å². The number of hydrogen-bond acceptors (Lipinski definition) is 3. The van der Waals surface area contributed by atoms with Crippen molar-refractivity contribution in [3.63, 3.8) is 0 Å². The van der Waals surface area contributed by atoms with Crippen molar-refractivity contribution in [3.8, 4) is 0 Å². The molecule has 1 aliphatic heterocycles. The number of nitrogens with zero attached hydrogens (tertiary/aromatic N) is 1. The van der Waals surface area contributed by atoms with Gasteiger partial charge in [-0.3, -0.25) is 9.69 Å². The van der Waals surface area contributed by atoms with E-state index in [2.05, 4.69) is 0 Å². The minimum Gasteiger partial charge on any atom is -0.268 e. The fourth-order valence-electron chi connectivity index (χ4n) is 2.12. The number of thiocarbonyl (C=S) groups is 1. The Morgan fingerprint density at radius 3 is 2.57 bits per heavy atom. The molecule has 0 unspecified atom stereocenters. The van der Waals surface area contributed by atoms with Gasteiger partial charge in [-0.15, -0.1) is 0 Å². The lowest BCUT2D eigenvalue weighted by Gasteiger charge is -2.15. The highest BCUT2D eigenvalue weighted by molar-refractivity contribution is 8.27. The second-order valence-corrected chi connectivity index (χ2v) is 7.09. The summed E-state index contributed by atoms with van der Waals surface area (Å²) in [5.41, 5.74) is 2.32. The molecule has 0 radical (unpaired) electrons. The first-order valence-corrected chi connectivity index (χ1v) is 8.35. The van der Waals surface area contributed by atoms with E-state index in [9.17, 15) is 9.18 Å². The number of aryl methyl sites for hydroxylation is 1. The zero-order chi connectivity index (χ0) is 16.6. The Morgan fingerprint density at radius 1 is 1.22 bits per heavy atom. The Morgan fingerprint density at radius 2 is 1.91 bits per heavy atom. The van der Waals surface area contributed by atoms with Crippen LogP contribution in [0.15, 0.2) is 47.4 Å². The Balaban J connectivity index is 1.93. The van der Waals surface area contributed by atoms with Crippen molar-refractivity contribution in [2.45, 2.75) is 6.92 Å². The average Bonchev–Trinajstić information content (AvgIpc) is 2.79. The first-order valence-electron chi connectivity index (χ1n) is 6.75. The van der Waals surface area contributed by atoms with Gasteiger partial charge in [0.1, 0.15) is 5.82 Å². The van der Waals surface area contributed by atoms with Gasteiger partial charge in [-0.05, 0) is 48.4 Å². The summed E-state index contributed by atoms with van der Waals surface area (Å²) in [6, 6.07) is 11.3. The Bertz CT molecular complexity index is 833. The van der Waals surface area contributed by atoms with Crippen molar-refractivity contribution >= 4 is 57.6 Å². The maximum absolute atomic E-state index is 13.0. The molecular formula is C17H11ClFNOS2. The van der Waals surface area contributed by atoms with Crippen LogP contribution in [0.2, 0.25) is 5.02 Å². The van der Waals surface area contributed by atoms with Gasteiger partial charge in [0.25, 0.3) is 5.91 Å². The molecule has 0 N–H and O–H groups in total. The molecule has 1 amide bonds. The third-order valence-corrected chi connectivity index (χ3v) is 5.08. The van der Waals surface area contributed by atoms with Gasteiger partial charge < -0.3 is 0 Å². The van der Waals surface area contributed by atoms with Gasteiger partial charge in [-0.2, -0.15) is 0 Å². The lowest BCUT2D eigenvalue weighted by Crippen LogP contribution is -2.27. The van der Waals surface area contributed by atoms with Crippen LogP contribution < -0.4 is 4.90 Å². The van der Waals surface area contributed by atoms with Crippen molar-refractivity contribution in [2.24, 2.45) is 0 Å². The summed E-state index contributed by atoms with van der Waals surface area (Å²) in [6.07, 6.45) is 1.70. The van der Waals surface area contributed by atoms with E-state index in [0.717, 1.165) is 11.1 Å². The fourth-order valence-corrected chi connectivity index (χ4v) is 3.60. The van der Waals surface area contributed by atoms with Crippen LogP contribution in [0.3, 0.4) is 0 Å². The number of amides is 1. The average molecular weight is 364 g/mol. The molecule has 1 saturated heterocycles. The summed E-state index contributed by atoms with van der Waals surface area (Å²) in [4.78, 5) is 14.6. The Labute approximate surface area is 147 Å². The third kappa shape index (κ3) is 3.32. The predicted molar refractivity (Wildman–Crippen MR) is 98.2 cm³/mol. The zero-order valence-electron chi connectivity index (χ0n) is 12.0. The minimum atomic E-state index is -0.316. The van der Waals surface area contributed by atoms with Gasteiger partial charge in [-0.1, -0.05) is 53.8 Å². The molecule has 0 bridgehead atoms. The second-order valence-electron chi connectivity index (χ2n) is 5.00. The molecule has 23 heavy (non-hydrogen) atoms. The zero-order valence-corrected chi connectivity index (χ0v) is 14.4. The summed E-state index contributed by atoms with van der Waals surface area (Å²) in [5.74, 6) is -0.520. The van der Waals surface area contributed by atoms with Crippen LogP contribution in [0.5, 0.6) is 0 Å². The van der Waals surface area contributed by atoms with Crippen molar-refractivity contribution in [1.29, 1.82) is 0 Å². The van der Waals surface area contributed by atoms with Gasteiger partial charge in [0.05, 0.1) is 10.6 Å². The Hall–Kier alpha value is -1.69. The SMILES string of the molecule is Cc1ccc(N2C(=O)C(=Cc3ccc(F)cc3)SC2=S)cc1Cl. The van der Waals surface area contributed by atoms with Crippen molar-refractivity contribution in [3.05, 3.63) is 69.3 Å². The molecule has 116 valence electrons. The molecule has 2 nitrogen and oxygen atoms in total. The van der Waals surface area contributed by atoms with Gasteiger partial charge in [0, 0.05) is 5.02 Å². The number of anilines is 1. The van der Waals surface area contributed by atoms with Crippen molar-refractivity contribution < 1.29 is 9.18 Å². The van der Waals surface area contributed by atoms with E-state index in [-0.39, 0.29) is 11.7 Å².